The zero-order valence-corrected chi connectivity index (χ0v) is 19.4. The summed E-state index contributed by atoms with van der Waals surface area (Å²) in [5.41, 5.74) is 2.29. The van der Waals surface area contributed by atoms with Crippen LogP contribution in [0.3, 0.4) is 0 Å². The molecule has 4 aromatic rings. The second-order valence-corrected chi connectivity index (χ2v) is 8.55. The van der Waals surface area contributed by atoms with Crippen molar-refractivity contribution in [2.75, 3.05) is 27.3 Å². The number of ether oxygens (including phenoxy) is 2. The van der Waals surface area contributed by atoms with Crippen molar-refractivity contribution in [1.82, 2.24) is 30.1 Å². The molecular formula is C25H28N6O3. The lowest BCUT2D eigenvalue weighted by Gasteiger charge is -2.33. The highest BCUT2D eigenvalue weighted by atomic mass is 16.5. The number of rotatable bonds is 7. The van der Waals surface area contributed by atoms with Gasteiger partial charge in [0.25, 0.3) is 5.56 Å². The topological polar surface area (TPSA) is 98.2 Å². The predicted octanol–water partition coefficient (Wildman–Crippen LogP) is 3.16. The lowest BCUT2D eigenvalue weighted by atomic mass is 10.0. The standard InChI is InChI=1S/C25H28N6O3/c1-33-19-9-6-17(7-10-19)16-31-24(27-28-29-31)23(30-12-4-3-5-13-30)21-14-18-8-11-20(34-2)15-22(18)26-25(21)32/h6-11,14-15,23H,3-5,12-13,16H2,1-2H3,(H,26,32). The van der Waals surface area contributed by atoms with Crippen molar-refractivity contribution in [2.45, 2.75) is 31.8 Å². The van der Waals surface area contributed by atoms with Gasteiger partial charge in [-0.15, -0.1) is 5.10 Å². The third-order valence-corrected chi connectivity index (χ3v) is 6.43. The molecule has 2 aromatic heterocycles. The first-order valence-electron chi connectivity index (χ1n) is 11.5. The molecule has 1 unspecified atom stereocenters. The maximum Gasteiger partial charge on any atom is 0.253 e. The van der Waals surface area contributed by atoms with Crippen molar-refractivity contribution in [3.8, 4) is 11.5 Å². The third kappa shape index (κ3) is 4.38. The smallest absolute Gasteiger partial charge is 0.253 e. The average Bonchev–Trinajstić information content (AvgIpc) is 3.33. The molecule has 1 aliphatic rings. The number of aromatic amines is 1. The van der Waals surface area contributed by atoms with Crippen molar-refractivity contribution in [3.05, 3.63) is 75.8 Å². The molecular weight excluding hydrogens is 432 g/mol. The van der Waals surface area contributed by atoms with Crippen LogP contribution in [0.4, 0.5) is 0 Å². The third-order valence-electron chi connectivity index (χ3n) is 6.43. The number of nitrogens with zero attached hydrogens (tertiary/aromatic N) is 5. The highest BCUT2D eigenvalue weighted by Crippen LogP contribution is 2.30. The van der Waals surface area contributed by atoms with Crippen LogP contribution in [-0.2, 0) is 6.54 Å². The van der Waals surface area contributed by atoms with E-state index < -0.39 is 0 Å². The number of fused-ring (bicyclic) bond motifs is 1. The number of pyridine rings is 1. The summed E-state index contributed by atoms with van der Waals surface area (Å²) < 4.78 is 12.4. The number of hydrogen-bond acceptors (Lipinski definition) is 7. The van der Waals surface area contributed by atoms with Crippen molar-refractivity contribution in [3.63, 3.8) is 0 Å². The zero-order chi connectivity index (χ0) is 23.5. The van der Waals surface area contributed by atoms with Gasteiger partial charge < -0.3 is 14.5 Å². The van der Waals surface area contributed by atoms with Crippen molar-refractivity contribution in [2.24, 2.45) is 0 Å². The number of piperidine rings is 1. The van der Waals surface area contributed by atoms with Crippen LogP contribution in [0.2, 0.25) is 0 Å². The Kier molecular flexibility index (Phi) is 6.27. The Hall–Kier alpha value is -3.72. The molecule has 1 fully saturated rings. The van der Waals surface area contributed by atoms with E-state index in [-0.39, 0.29) is 11.6 Å². The zero-order valence-electron chi connectivity index (χ0n) is 19.4. The van der Waals surface area contributed by atoms with Gasteiger partial charge in [0.15, 0.2) is 5.82 Å². The molecule has 1 atom stereocenters. The Morgan fingerprint density at radius 2 is 1.71 bits per heavy atom. The van der Waals surface area contributed by atoms with Gasteiger partial charge in [-0.25, -0.2) is 4.68 Å². The first-order valence-corrected chi connectivity index (χ1v) is 11.5. The van der Waals surface area contributed by atoms with Gasteiger partial charge in [-0.2, -0.15) is 0 Å². The number of H-pyrrole nitrogens is 1. The van der Waals surface area contributed by atoms with Gasteiger partial charge in [0.1, 0.15) is 17.5 Å². The first kappa shape index (κ1) is 22.1. The Bertz CT molecular complexity index is 1320. The number of aromatic nitrogens is 5. The van der Waals surface area contributed by atoms with E-state index in [9.17, 15) is 4.79 Å². The van der Waals surface area contributed by atoms with Gasteiger partial charge in [-0.1, -0.05) is 18.6 Å². The molecule has 3 heterocycles. The lowest BCUT2D eigenvalue weighted by Crippen LogP contribution is -2.38. The predicted molar refractivity (Wildman–Crippen MR) is 128 cm³/mol. The van der Waals surface area contributed by atoms with E-state index in [1.807, 2.05) is 48.5 Å². The van der Waals surface area contributed by atoms with Crippen LogP contribution in [0, 0.1) is 0 Å². The fourth-order valence-electron chi connectivity index (χ4n) is 4.63. The van der Waals surface area contributed by atoms with E-state index in [0.29, 0.717) is 23.7 Å². The number of likely N-dealkylation sites (tertiary alicyclic amines) is 1. The summed E-state index contributed by atoms with van der Waals surface area (Å²) in [6.45, 7) is 2.28. The highest BCUT2D eigenvalue weighted by Gasteiger charge is 2.31. The Morgan fingerprint density at radius 3 is 2.44 bits per heavy atom. The molecule has 0 aliphatic carbocycles. The van der Waals surface area contributed by atoms with Gasteiger partial charge in [0.2, 0.25) is 0 Å². The second kappa shape index (κ2) is 9.64. The fraction of sp³-hybridized carbons (Fsp3) is 0.360. The Labute approximate surface area is 197 Å². The maximum absolute atomic E-state index is 13.3. The van der Waals surface area contributed by atoms with Crippen LogP contribution >= 0.6 is 0 Å². The van der Waals surface area contributed by atoms with Gasteiger partial charge in [-0.05, 0) is 77.6 Å². The number of nitrogens with one attached hydrogen (secondary N) is 1. The summed E-state index contributed by atoms with van der Waals surface area (Å²) in [4.78, 5) is 18.7. The molecule has 2 aromatic carbocycles. The number of hydrogen-bond donors (Lipinski definition) is 1. The Morgan fingerprint density at radius 1 is 0.971 bits per heavy atom. The molecule has 0 spiro atoms. The SMILES string of the molecule is COc1ccc(Cn2nnnc2C(c2cc3ccc(OC)cc3[nH]c2=O)N2CCCCC2)cc1. The molecule has 9 nitrogen and oxygen atoms in total. The molecule has 5 rings (SSSR count). The summed E-state index contributed by atoms with van der Waals surface area (Å²) in [6, 6.07) is 15.1. The minimum Gasteiger partial charge on any atom is -0.497 e. The van der Waals surface area contributed by atoms with Crippen LogP contribution < -0.4 is 15.0 Å². The van der Waals surface area contributed by atoms with Crippen LogP contribution in [0.15, 0.2) is 53.3 Å². The first-order chi connectivity index (χ1) is 16.7. The summed E-state index contributed by atoms with van der Waals surface area (Å²) in [5.74, 6) is 2.16. The molecule has 9 heteroatoms. The molecule has 0 radical (unpaired) electrons. The van der Waals surface area contributed by atoms with Crippen LogP contribution in [0.5, 0.6) is 11.5 Å². The monoisotopic (exact) mass is 460 g/mol. The fourth-order valence-corrected chi connectivity index (χ4v) is 4.63. The number of benzene rings is 2. The maximum atomic E-state index is 13.3. The minimum atomic E-state index is -0.344. The van der Waals surface area contributed by atoms with Gasteiger partial charge >= 0.3 is 0 Å². The molecule has 0 amide bonds. The van der Waals surface area contributed by atoms with Gasteiger partial charge in [-0.3, -0.25) is 9.69 Å². The molecule has 34 heavy (non-hydrogen) atoms. The van der Waals surface area contributed by atoms with Crippen LogP contribution in [0.25, 0.3) is 10.9 Å². The summed E-state index contributed by atoms with van der Waals surface area (Å²) in [5, 5.41) is 13.6. The van der Waals surface area contributed by atoms with E-state index in [1.165, 1.54) is 6.42 Å². The van der Waals surface area contributed by atoms with E-state index in [1.54, 1.807) is 18.9 Å². The molecule has 1 saturated heterocycles. The molecule has 0 bridgehead atoms. The van der Waals surface area contributed by atoms with E-state index in [4.69, 9.17) is 9.47 Å². The van der Waals surface area contributed by atoms with E-state index in [0.717, 1.165) is 48.1 Å². The highest BCUT2D eigenvalue weighted by molar-refractivity contribution is 5.80. The van der Waals surface area contributed by atoms with Crippen LogP contribution in [0.1, 0.15) is 42.3 Å². The molecule has 0 saturated carbocycles. The van der Waals surface area contributed by atoms with Crippen LogP contribution in [-0.4, -0.2) is 57.4 Å². The van der Waals surface area contributed by atoms with Gasteiger partial charge in [0, 0.05) is 11.6 Å². The molecule has 1 aliphatic heterocycles. The van der Waals surface area contributed by atoms with E-state index in [2.05, 4.69) is 25.4 Å². The normalized spacial score (nSPS) is 15.4. The number of tetrazole rings is 1. The minimum absolute atomic E-state index is 0.143. The molecule has 1 N–H and O–H groups in total. The quantitative estimate of drug-likeness (QED) is 0.452. The lowest BCUT2D eigenvalue weighted by molar-refractivity contribution is 0.177. The van der Waals surface area contributed by atoms with Crippen molar-refractivity contribution in [1.29, 1.82) is 0 Å². The second-order valence-electron chi connectivity index (χ2n) is 8.55. The average molecular weight is 461 g/mol. The summed E-state index contributed by atoms with van der Waals surface area (Å²) in [6.07, 6.45) is 3.35. The molecule has 176 valence electrons. The van der Waals surface area contributed by atoms with E-state index >= 15 is 0 Å². The van der Waals surface area contributed by atoms with Gasteiger partial charge in [0.05, 0.1) is 26.3 Å². The summed E-state index contributed by atoms with van der Waals surface area (Å²) in [7, 11) is 3.26. The largest absolute Gasteiger partial charge is 0.497 e. The number of methoxy groups -OCH3 is 2. The van der Waals surface area contributed by atoms with Crippen molar-refractivity contribution < 1.29 is 9.47 Å². The van der Waals surface area contributed by atoms with Crippen molar-refractivity contribution >= 4 is 10.9 Å². The Balaban J connectivity index is 1.57. The summed E-state index contributed by atoms with van der Waals surface area (Å²) >= 11 is 0.